The van der Waals surface area contributed by atoms with E-state index in [-0.39, 0.29) is 5.41 Å². The molecule has 0 aliphatic heterocycles. The van der Waals surface area contributed by atoms with Crippen LogP contribution in [0.1, 0.15) is 63.0 Å². The van der Waals surface area contributed by atoms with E-state index in [1.165, 1.54) is 18.4 Å². The van der Waals surface area contributed by atoms with Gasteiger partial charge in [0.1, 0.15) is 11.5 Å². The van der Waals surface area contributed by atoms with Gasteiger partial charge in [0.2, 0.25) is 0 Å². The fraction of sp³-hybridized carbons (Fsp3) is 0.650. The highest BCUT2D eigenvalue weighted by Gasteiger charge is 2.54. The van der Waals surface area contributed by atoms with Gasteiger partial charge in [0.15, 0.2) is 0 Å². The van der Waals surface area contributed by atoms with Crippen molar-refractivity contribution in [2.24, 2.45) is 17.3 Å². The van der Waals surface area contributed by atoms with Gasteiger partial charge in [-0.3, -0.25) is 4.79 Å². The minimum Gasteiger partial charge on any atom is -0.494 e. The van der Waals surface area contributed by atoms with Crippen LogP contribution in [0.3, 0.4) is 0 Å². The molecule has 0 heterocycles. The van der Waals surface area contributed by atoms with E-state index in [4.69, 9.17) is 4.74 Å². The fourth-order valence-corrected chi connectivity index (χ4v) is 5.59. The molecule has 0 aromatic heterocycles. The molecule has 3 aliphatic rings. The van der Waals surface area contributed by atoms with E-state index < -0.39 is 0 Å². The van der Waals surface area contributed by atoms with E-state index in [2.05, 4.69) is 25.1 Å². The van der Waals surface area contributed by atoms with Crippen molar-refractivity contribution >= 4 is 5.78 Å². The molecule has 1 aromatic carbocycles. The molecule has 2 nitrogen and oxygen atoms in total. The first kappa shape index (κ1) is 14.3. The zero-order valence-corrected chi connectivity index (χ0v) is 13.7. The number of fused-ring (bicyclic) bond motifs is 5. The van der Waals surface area contributed by atoms with E-state index in [0.717, 1.165) is 44.0 Å². The minimum atomic E-state index is -0.00999. The third kappa shape index (κ3) is 1.96. The first-order valence-electron chi connectivity index (χ1n) is 8.92. The van der Waals surface area contributed by atoms with E-state index >= 15 is 0 Å². The number of aryl methyl sites for hydroxylation is 1. The normalized spacial score (nSPS) is 36.5. The Kier molecular flexibility index (Phi) is 3.32. The predicted octanol–water partition coefficient (Wildman–Crippen LogP) is 4.51. The molecule has 4 atom stereocenters. The van der Waals surface area contributed by atoms with Crippen LogP contribution in [-0.4, -0.2) is 12.4 Å². The second kappa shape index (κ2) is 5.11. The molecule has 0 spiro atoms. The lowest BCUT2D eigenvalue weighted by Crippen LogP contribution is -2.42. The summed E-state index contributed by atoms with van der Waals surface area (Å²) in [4.78, 5) is 12.4. The summed E-state index contributed by atoms with van der Waals surface area (Å²) in [7, 11) is 0. The molecule has 0 amide bonds. The van der Waals surface area contributed by atoms with Gasteiger partial charge in [-0.15, -0.1) is 0 Å². The highest BCUT2D eigenvalue weighted by Crippen LogP contribution is 2.59. The summed E-state index contributed by atoms with van der Waals surface area (Å²) < 4.78 is 5.66. The monoisotopic (exact) mass is 298 g/mol. The average Bonchev–Trinajstić information content (AvgIpc) is 2.83. The van der Waals surface area contributed by atoms with Crippen LogP contribution < -0.4 is 4.74 Å². The number of hydrogen-bond acceptors (Lipinski definition) is 2. The number of Topliss-reactive ketones (excluding diaryl/α,β-unsaturated/α-hetero) is 1. The topological polar surface area (TPSA) is 26.3 Å². The molecule has 1 aromatic rings. The Labute approximate surface area is 133 Å². The number of carbonyl (C=O) groups is 1. The molecule has 118 valence electrons. The van der Waals surface area contributed by atoms with Gasteiger partial charge in [-0.25, -0.2) is 0 Å². The zero-order valence-electron chi connectivity index (χ0n) is 13.7. The Morgan fingerprint density at radius 3 is 2.91 bits per heavy atom. The summed E-state index contributed by atoms with van der Waals surface area (Å²) in [6.45, 7) is 5.01. The smallest absolute Gasteiger partial charge is 0.139 e. The molecular weight excluding hydrogens is 272 g/mol. The van der Waals surface area contributed by atoms with Crippen molar-refractivity contribution in [3.63, 3.8) is 0 Å². The summed E-state index contributed by atoms with van der Waals surface area (Å²) in [6.07, 6.45) is 6.62. The zero-order chi connectivity index (χ0) is 15.3. The van der Waals surface area contributed by atoms with Crippen LogP contribution in [0.25, 0.3) is 0 Å². The largest absolute Gasteiger partial charge is 0.494 e. The summed E-state index contributed by atoms with van der Waals surface area (Å²) >= 11 is 0. The third-order valence-electron chi connectivity index (χ3n) is 6.72. The van der Waals surface area contributed by atoms with Crippen molar-refractivity contribution in [3.8, 4) is 5.75 Å². The second-order valence-electron chi connectivity index (χ2n) is 7.63. The maximum Gasteiger partial charge on any atom is 0.139 e. The van der Waals surface area contributed by atoms with E-state index in [1.54, 1.807) is 5.56 Å². The van der Waals surface area contributed by atoms with Crippen LogP contribution in [-0.2, 0) is 11.2 Å². The molecule has 0 saturated heterocycles. The molecule has 3 aliphatic carbocycles. The lowest BCUT2D eigenvalue weighted by molar-refractivity contribution is -0.129. The van der Waals surface area contributed by atoms with Gasteiger partial charge in [0.05, 0.1) is 6.61 Å². The Balaban J connectivity index is 1.66. The summed E-state index contributed by atoms with van der Waals surface area (Å²) in [6, 6.07) is 6.69. The first-order valence-corrected chi connectivity index (χ1v) is 8.92. The van der Waals surface area contributed by atoms with Crippen molar-refractivity contribution in [1.29, 1.82) is 0 Å². The van der Waals surface area contributed by atoms with Crippen LogP contribution in [0, 0.1) is 17.3 Å². The molecule has 0 N–H and O–H groups in total. The summed E-state index contributed by atoms with van der Waals surface area (Å²) in [5.74, 6) is 3.56. The molecular formula is C20H26O2. The van der Waals surface area contributed by atoms with Crippen LogP contribution in [0.4, 0.5) is 0 Å². The number of ether oxygens (including phenoxy) is 1. The van der Waals surface area contributed by atoms with Crippen molar-refractivity contribution in [2.75, 3.05) is 6.61 Å². The van der Waals surface area contributed by atoms with Crippen molar-refractivity contribution in [3.05, 3.63) is 29.3 Å². The van der Waals surface area contributed by atoms with Gasteiger partial charge >= 0.3 is 0 Å². The molecule has 2 fully saturated rings. The Hall–Kier alpha value is -1.31. The molecule has 0 radical (unpaired) electrons. The van der Waals surface area contributed by atoms with Gasteiger partial charge < -0.3 is 4.74 Å². The third-order valence-corrected chi connectivity index (χ3v) is 6.72. The van der Waals surface area contributed by atoms with Gasteiger partial charge in [-0.2, -0.15) is 0 Å². The lowest BCUT2D eigenvalue weighted by Gasteiger charge is -2.48. The van der Waals surface area contributed by atoms with Gasteiger partial charge in [0, 0.05) is 11.8 Å². The second-order valence-corrected chi connectivity index (χ2v) is 7.63. The Bertz CT molecular complexity index is 606. The van der Waals surface area contributed by atoms with Crippen molar-refractivity contribution in [2.45, 2.75) is 58.3 Å². The highest BCUT2D eigenvalue weighted by molar-refractivity contribution is 5.87. The van der Waals surface area contributed by atoms with E-state index in [9.17, 15) is 4.79 Å². The van der Waals surface area contributed by atoms with Crippen LogP contribution >= 0.6 is 0 Å². The van der Waals surface area contributed by atoms with E-state index in [1.807, 2.05) is 6.92 Å². The first-order chi connectivity index (χ1) is 10.6. The summed E-state index contributed by atoms with van der Waals surface area (Å²) in [5, 5.41) is 0. The van der Waals surface area contributed by atoms with Gasteiger partial charge in [0.25, 0.3) is 0 Å². The Morgan fingerprint density at radius 1 is 1.23 bits per heavy atom. The number of ketones is 1. The van der Waals surface area contributed by atoms with Crippen LogP contribution in [0.2, 0.25) is 0 Å². The molecule has 4 rings (SSSR count). The predicted molar refractivity (Wildman–Crippen MR) is 87.2 cm³/mol. The molecule has 2 heteroatoms. The number of rotatable bonds is 2. The summed E-state index contributed by atoms with van der Waals surface area (Å²) in [5.41, 5.74) is 3.02. The van der Waals surface area contributed by atoms with Crippen molar-refractivity contribution < 1.29 is 9.53 Å². The minimum absolute atomic E-state index is 0.00999. The Morgan fingerprint density at radius 2 is 2.09 bits per heavy atom. The van der Waals surface area contributed by atoms with Gasteiger partial charge in [-0.1, -0.05) is 13.0 Å². The molecule has 0 bridgehead atoms. The van der Waals surface area contributed by atoms with Crippen molar-refractivity contribution in [1.82, 2.24) is 0 Å². The number of carbonyl (C=O) groups excluding carboxylic acids is 1. The van der Waals surface area contributed by atoms with Gasteiger partial charge in [-0.05, 0) is 80.0 Å². The highest BCUT2D eigenvalue weighted by atomic mass is 16.5. The SMILES string of the molecule is CCOc1ccc2c(c1)CCC1C2CC[C@]2(C)C(=O)CCC12. The lowest BCUT2D eigenvalue weighted by atomic mass is 9.55. The van der Waals surface area contributed by atoms with Crippen LogP contribution in [0.15, 0.2) is 18.2 Å². The number of hydrogen-bond donors (Lipinski definition) is 0. The standard InChI is InChI=1S/C20H26O2/c1-3-22-14-5-7-15-13(12-14)4-6-17-16(15)10-11-20(2)18(17)8-9-19(20)21/h5,7,12,16-18H,3-4,6,8-11H2,1-2H3/t16?,17?,18?,20-/m0/s1. The van der Waals surface area contributed by atoms with Crippen LogP contribution in [0.5, 0.6) is 5.75 Å². The molecule has 22 heavy (non-hydrogen) atoms. The molecule has 2 saturated carbocycles. The maximum absolute atomic E-state index is 12.4. The quantitative estimate of drug-likeness (QED) is 0.803. The fourth-order valence-electron chi connectivity index (χ4n) is 5.59. The number of benzene rings is 1. The van der Waals surface area contributed by atoms with E-state index in [0.29, 0.717) is 17.6 Å². The maximum atomic E-state index is 12.4. The molecule has 3 unspecified atom stereocenters. The average molecular weight is 298 g/mol.